The molecule has 0 radical (unpaired) electrons. The molecule has 0 atom stereocenters. The van der Waals surface area contributed by atoms with Crippen molar-refractivity contribution in [1.29, 1.82) is 0 Å². The summed E-state index contributed by atoms with van der Waals surface area (Å²) in [5, 5.41) is 11.0. The highest BCUT2D eigenvalue weighted by atomic mass is 19.1. The Kier molecular flexibility index (Phi) is 3.99. The number of carboxylic acids is 1. The zero-order chi connectivity index (χ0) is 12.1. The summed E-state index contributed by atoms with van der Waals surface area (Å²) in [6.45, 7) is 1.68. The molecule has 0 heterocycles. The van der Waals surface area contributed by atoms with Crippen molar-refractivity contribution in [2.75, 3.05) is 5.32 Å². The fourth-order valence-corrected chi connectivity index (χ4v) is 1.15. The summed E-state index contributed by atoms with van der Waals surface area (Å²) in [5.74, 6) is -2.68. The summed E-state index contributed by atoms with van der Waals surface area (Å²) in [6, 6.07) is 3.43. The van der Waals surface area contributed by atoms with Gasteiger partial charge in [0, 0.05) is 11.8 Å². The fourth-order valence-electron chi connectivity index (χ4n) is 1.15. The van der Waals surface area contributed by atoms with Crippen LogP contribution in [-0.2, 0) is 4.79 Å². The number of allylic oxidation sites excluding steroid dienone is 1. The molecule has 0 aliphatic heterocycles. The van der Waals surface area contributed by atoms with Gasteiger partial charge in [-0.3, -0.25) is 0 Å². The van der Waals surface area contributed by atoms with Gasteiger partial charge in [0.05, 0.1) is 0 Å². The summed E-state index contributed by atoms with van der Waals surface area (Å²) in [5.41, 5.74) is -0.103. The zero-order valence-electron chi connectivity index (χ0n) is 8.63. The number of halogens is 2. The molecule has 1 aromatic carbocycles. The number of hydrogen-bond acceptors (Lipinski definition) is 2. The van der Waals surface area contributed by atoms with Crippen molar-refractivity contribution in [1.82, 2.24) is 0 Å². The van der Waals surface area contributed by atoms with Crippen molar-refractivity contribution >= 4 is 11.7 Å². The fraction of sp³-hybridized carbons (Fsp3) is 0.182. The van der Waals surface area contributed by atoms with E-state index in [1.165, 1.54) is 6.07 Å². The van der Waals surface area contributed by atoms with E-state index in [2.05, 4.69) is 5.32 Å². The minimum Gasteiger partial charge on any atom is -0.478 e. The van der Waals surface area contributed by atoms with Crippen LogP contribution in [0, 0.1) is 11.6 Å². The van der Waals surface area contributed by atoms with Crippen molar-refractivity contribution in [2.45, 2.75) is 13.3 Å². The molecular formula is C11H11F2NO2. The van der Waals surface area contributed by atoms with Crippen LogP contribution in [0.5, 0.6) is 0 Å². The maximum Gasteiger partial charge on any atom is 0.330 e. The van der Waals surface area contributed by atoms with E-state index in [0.29, 0.717) is 6.42 Å². The van der Waals surface area contributed by atoms with Gasteiger partial charge in [-0.1, -0.05) is 13.0 Å². The molecule has 0 saturated heterocycles. The van der Waals surface area contributed by atoms with Crippen molar-refractivity contribution in [3.05, 3.63) is 41.6 Å². The van der Waals surface area contributed by atoms with Crippen molar-refractivity contribution in [2.24, 2.45) is 0 Å². The summed E-state index contributed by atoms with van der Waals surface area (Å²) in [6.07, 6.45) is 1.21. The number of anilines is 1. The Labute approximate surface area is 91.4 Å². The minimum absolute atomic E-state index is 0.233. The summed E-state index contributed by atoms with van der Waals surface area (Å²) in [7, 11) is 0. The monoisotopic (exact) mass is 227 g/mol. The van der Waals surface area contributed by atoms with Crippen molar-refractivity contribution in [3.8, 4) is 0 Å². The topological polar surface area (TPSA) is 49.3 Å². The van der Waals surface area contributed by atoms with Crippen LogP contribution in [0.15, 0.2) is 30.0 Å². The second-order valence-electron chi connectivity index (χ2n) is 3.08. The Morgan fingerprint density at radius 1 is 1.44 bits per heavy atom. The van der Waals surface area contributed by atoms with Gasteiger partial charge in [0.15, 0.2) is 0 Å². The highest BCUT2D eigenvalue weighted by Crippen LogP contribution is 2.20. The van der Waals surface area contributed by atoms with E-state index in [-0.39, 0.29) is 11.4 Å². The molecule has 0 aliphatic rings. The average Bonchev–Trinajstić information content (AvgIpc) is 2.21. The predicted molar refractivity (Wildman–Crippen MR) is 56.0 cm³/mol. The molecule has 0 saturated carbocycles. The number of benzene rings is 1. The standard InChI is InChI=1S/C11H11F2NO2/c1-2-7(6-10(15)16)14-11-8(12)4-3-5-9(11)13/h3-6,14H,2H2,1H3,(H,15,16). The molecule has 0 aromatic heterocycles. The highest BCUT2D eigenvalue weighted by molar-refractivity contribution is 5.81. The number of para-hydroxylation sites is 1. The third-order valence-corrected chi connectivity index (χ3v) is 1.93. The number of aliphatic carboxylic acids is 1. The summed E-state index contributed by atoms with van der Waals surface area (Å²) < 4.78 is 26.4. The number of carbonyl (C=O) groups is 1. The van der Waals surface area contributed by atoms with Crippen LogP contribution < -0.4 is 5.32 Å². The molecule has 0 unspecified atom stereocenters. The molecule has 3 nitrogen and oxygen atoms in total. The van der Waals surface area contributed by atoms with E-state index >= 15 is 0 Å². The number of nitrogens with one attached hydrogen (secondary N) is 1. The molecule has 2 N–H and O–H groups in total. The molecule has 0 fully saturated rings. The van der Waals surface area contributed by atoms with E-state index in [4.69, 9.17) is 5.11 Å². The van der Waals surface area contributed by atoms with Crippen LogP contribution in [-0.4, -0.2) is 11.1 Å². The zero-order valence-corrected chi connectivity index (χ0v) is 8.63. The van der Waals surface area contributed by atoms with Gasteiger partial charge in [-0.15, -0.1) is 0 Å². The van der Waals surface area contributed by atoms with Crippen LogP contribution in [0.25, 0.3) is 0 Å². The molecule has 5 heteroatoms. The van der Waals surface area contributed by atoms with Gasteiger partial charge >= 0.3 is 5.97 Å². The van der Waals surface area contributed by atoms with Gasteiger partial charge < -0.3 is 10.4 Å². The van der Waals surface area contributed by atoms with Crippen LogP contribution in [0.1, 0.15) is 13.3 Å². The number of carboxylic acid groups (broad SMARTS) is 1. The van der Waals surface area contributed by atoms with Crippen LogP contribution in [0.3, 0.4) is 0 Å². The van der Waals surface area contributed by atoms with Gasteiger partial charge in [-0.2, -0.15) is 0 Å². The maximum atomic E-state index is 13.2. The first-order valence-electron chi connectivity index (χ1n) is 4.69. The first-order chi connectivity index (χ1) is 7.54. The molecule has 16 heavy (non-hydrogen) atoms. The normalized spacial score (nSPS) is 11.3. The van der Waals surface area contributed by atoms with Crippen LogP contribution in [0.2, 0.25) is 0 Å². The van der Waals surface area contributed by atoms with Crippen molar-refractivity contribution < 1.29 is 18.7 Å². The Bertz CT molecular complexity index is 410. The third kappa shape index (κ3) is 3.05. The lowest BCUT2D eigenvalue weighted by Crippen LogP contribution is -2.05. The van der Waals surface area contributed by atoms with Gasteiger partial charge in [0.1, 0.15) is 17.3 Å². The first kappa shape index (κ1) is 12.2. The van der Waals surface area contributed by atoms with Crippen LogP contribution in [0.4, 0.5) is 14.5 Å². The Morgan fingerprint density at radius 2 is 2.00 bits per heavy atom. The Morgan fingerprint density at radius 3 is 2.44 bits per heavy atom. The molecule has 0 amide bonds. The first-order valence-corrected chi connectivity index (χ1v) is 4.69. The van der Waals surface area contributed by atoms with Gasteiger partial charge in [-0.25, -0.2) is 13.6 Å². The van der Waals surface area contributed by atoms with E-state index in [0.717, 1.165) is 18.2 Å². The Balaban J connectivity index is 2.99. The largest absolute Gasteiger partial charge is 0.478 e. The minimum atomic E-state index is -1.17. The van der Waals surface area contributed by atoms with E-state index < -0.39 is 17.6 Å². The van der Waals surface area contributed by atoms with E-state index in [1.807, 2.05) is 0 Å². The second-order valence-corrected chi connectivity index (χ2v) is 3.08. The third-order valence-electron chi connectivity index (χ3n) is 1.93. The maximum absolute atomic E-state index is 13.2. The molecular weight excluding hydrogens is 216 g/mol. The molecule has 0 aliphatic carbocycles. The van der Waals surface area contributed by atoms with Gasteiger partial charge in [-0.05, 0) is 18.6 Å². The lowest BCUT2D eigenvalue weighted by atomic mass is 10.2. The van der Waals surface area contributed by atoms with E-state index in [1.54, 1.807) is 6.92 Å². The molecule has 0 bridgehead atoms. The quantitative estimate of drug-likeness (QED) is 0.777. The lowest BCUT2D eigenvalue weighted by molar-refractivity contribution is -0.131. The van der Waals surface area contributed by atoms with Crippen LogP contribution >= 0.6 is 0 Å². The summed E-state index contributed by atoms with van der Waals surface area (Å²) in [4.78, 5) is 10.4. The van der Waals surface area contributed by atoms with Gasteiger partial charge in [0.25, 0.3) is 0 Å². The summed E-state index contributed by atoms with van der Waals surface area (Å²) >= 11 is 0. The number of rotatable bonds is 4. The number of hydrogen-bond donors (Lipinski definition) is 2. The highest BCUT2D eigenvalue weighted by Gasteiger charge is 2.09. The lowest BCUT2D eigenvalue weighted by Gasteiger charge is -2.10. The smallest absolute Gasteiger partial charge is 0.330 e. The van der Waals surface area contributed by atoms with Gasteiger partial charge in [0.2, 0.25) is 0 Å². The molecule has 1 rings (SSSR count). The molecule has 86 valence electrons. The molecule has 1 aromatic rings. The second kappa shape index (κ2) is 5.25. The SMILES string of the molecule is CCC(=CC(=O)O)Nc1c(F)cccc1F. The molecule has 0 spiro atoms. The predicted octanol–water partition coefficient (Wildman–Crippen LogP) is 2.76. The Hall–Kier alpha value is -1.91. The van der Waals surface area contributed by atoms with Crippen molar-refractivity contribution in [3.63, 3.8) is 0 Å². The van der Waals surface area contributed by atoms with E-state index in [9.17, 15) is 13.6 Å². The average molecular weight is 227 g/mol.